The maximum Gasteiger partial charge on any atom is 0.341 e. The van der Waals surface area contributed by atoms with Crippen LogP contribution in [0, 0.1) is 6.92 Å². The Morgan fingerprint density at radius 2 is 1.67 bits per heavy atom. The van der Waals surface area contributed by atoms with Crippen molar-refractivity contribution in [1.29, 1.82) is 0 Å². The second kappa shape index (κ2) is 12.2. The third-order valence-electron chi connectivity index (χ3n) is 4.85. The minimum absolute atomic E-state index is 0.0631. The van der Waals surface area contributed by atoms with Gasteiger partial charge in [-0.3, -0.25) is 9.59 Å². The van der Waals surface area contributed by atoms with Gasteiger partial charge in [-0.1, -0.05) is 23.7 Å². The van der Waals surface area contributed by atoms with Crippen molar-refractivity contribution in [2.75, 3.05) is 31.0 Å². The number of methoxy groups -OCH3 is 1. The number of hydrogen-bond acceptors (Lipinski definition) is 8. The zero-order valence-electron chi connectivity index (χ0n) is 19.7. The Morgan fingerprint density at radius 1 is 0.972 bits per heavy atom. The third kappa shape index (κ3) is 6.41. The number of hydrogen-bond donors (Lipinski definition) is 2. The average Bonchev–Trinajstić information content (AvgIpc) is 3.19. The van der Waals surface area contributed by atoms with Crippen molar-refractivity contribution in [3.05, 3.63) is 75.1 Å². The number of esters is 2. The number of rotatable bonds is 9. The number of amides is 2. The van der Waals surface area contributed by atoms with Crippen molar-refractivity contribution in [2.24, 2.45) is 0 Å². The van der Waals surface area contributed by atoms with E-state index >= 15 is 0 Å². The van der Waals surface area contributed by atoms with E-state index in [0.29, 0.717) is 16.3 Å². The average molecular weight is 531 g/mol. The van der Waals surface area contributed by atoms with Crippen LogP contribution >= 0.6 is 22.9 Å². The van der Waals surface area contributed by atoms with Crippen LogP contribution < -0.4 is 15.4 Å². The van der Waals surface area contributed by atoms with Gasteiger partial charge in [-0.25, -0.2) is 9.59 Å². The molecule has 0 aliphatic carbocycles. The first-order chi connectivity index (χ1) is 17.2. The Bertz CT molecular complexity index is 1290. The second-order valence-electron chi connectivity index (χ2n) is 7.26. The molecule has 0 aliphatic heterocycles. The predicted molar refractivity (Wildman–Crippen MR) is 136 cm³/mol. The molecule has 2 aromatic carbocycles. The van der Waals surface area contributed by atoms with Crippen molar-refractivity contribution >= 4 is 57.4 Å². The highest BCUT2D eigenvalue weighted by molar-refractivity contribution is 7.19. The molecule has 3 aromatic rings. The van der Waals surface area contributed by atoms with Crippen LogP contribution in [0.15, 0.2) is 48.5 Å². The van der Waals surface area contributed by atoms with Gasteiger partial charge in [-0.15, -0.1) is 11.3 Å². The SMILES string of the molecule is CCOC(=O)c1c(NC(=O)COc2ccc(Cl)cc2)sc(C(=O)Nc2ccccc2C(=O)OC)c1C. The fourth-order valence-corrected chi connectivity index (χ4v) is 4.40. The number of anilines is 2. The molecule has 1 aromatic heterocycles. The topological polar surface area (TPSA) is 120 Å². The number of carbonyl (C=O) groups is 4. The van der Waals surface area contributed by atoms with Gasteiger partial charge in [0.15, 0.2) is 6.61 Å². The summed E-state index contributed by atoms with van der Waals surface area (Å²) in [5.74, 6) is -1.98. The molecule has 0 aliphatic rings. The standard InChI is InChI=1S/C25H23ClN2O7S/c1-4-34-25(32)20-14(2)21(22(30)27-18-8-6-5-7-17(18)24(31)33-3)36-23(20)28-19(29)13-35-16-11-9-15(26)10-12-16/h5-12H,4,13H2,1-3H3,(H,27,30)(H,28,29). The van der Waals surface area contributed by atoms with E-state index in [-0.39, 0.29) is 39.9 Å². The van der Waals surface area contributed by atoms with Gasteiger partial charge in [-0.05, 0) is 55.8 Å². The number of benzene rings is 2. The second-order valence-corrected chi connectivity index (χ2v) is 8.72. The van der Waals surface area contributed by atoms with Crippen LogP contribution in [0.25, 0.3) is 0 Å². The van der Waals surface area contributed by atoms with Crippen LogP contribution in [0.4, 0.5) is 10.7 Å². The summed E-state index contributed by atoms with van der Waals surface area (Å²) in [7, 11) is 1.24. The first-order valence-corrected chi connectivity index (χ1v) is 11.9. The zero-order chi connectivity index (χ0) is 26.2. The Labute approximate surface area is 216 Å². The summed E-state index contributed by atoms with van der Waals surface area (Å²) in [6.07, 6.45) is 0. The van der Waals surface area contributed by atoms with Crippen LogP contribution in [0.1, 0.15) is 42.9 Å². The summed E-state index contributed by atoms with van der Waals surface area (Å²) in [5, 5.41) is 5.96. The largest absolute Gasteiger partial charge is 0.484 e. The number of nitrogens with one attached hydrogen (secondary N) is 2. The third-order valence-corrected chi connectivity index (χ3v) is 6.31. The molecule has 2 N–H and O–H groups in total. The molecule has 0 fully saturated rings. The molecule has 0 spiro atoms. The summed E-state index contributed by atoms with van der Waals surface area (Å²) >= 11 is 6.75. The van der Waals surface area contributed by atoms with Crippen molar-refractivity contribution in [1.82, 2.24) is 0 Å². The molecule has 3 rings (SSSR count). The van der Waals surface area contributed by atoms with E-state index in [1.165, 1.54) is 13.2 Å². The van der Waals surface area contributed by atoms with Crippen molar-refractivity contribution in [3.8, 4) is 5.75 Å². The summed E-state index contributed by atoms with van der Waals surface area (Å²) in [4.78, 5) is 50.5. The molecule has 11 heteroatoms. The van der Waals surface area contributed by atoms with Crippen LogP contribution in [0.5, 0.6) is 5.75 Å². The van der Waals surface area contributed by atoms with E-state index in [9.17, 15) is 19.2 Å². The van der Waals surface area contributed by atoms with Gasteiger partial charge in [0.05, 0.1) is 35.4 Å². The minimum Gasteiger partial charge on any atom is -0.484 e. The summed E-state index contributed by atoms with van der Waals surface area (Å²) in [5.41, 5.74) is 0.788. The molecule has 188 valence electrons. The molecule has 0 saturated carbocycles. The lowest BCUT2D eigenvalue weighted by atomic mass is 10.1. The van der Waals surface area contributed by atoms with E-state index in [2.05, 4.69) is 10.6 Å². The predicted octanol–water partition coefficient (Wildman–Crippen LogP) is 4.94. The molecule has 0 bridgehead atoms. The molecular weight excluding hydrogens is 508 g/mol. The smallest absolute Gasteiger partial charge is 0.341 e. The van der Waals surface area contributed by atoms with Crippen LogP contribution in [-0.2, 0) is 14.3 Å². The highest BCUT2D eigenvalue weighted by atomic mass is 35.5. The Morgan fingerprint density at radius 3 is 2.33 bits per heavy atom. The van der Waals surface area contributed by atoms with E-state index in [1.807, 2.05) is 0 Å². The molecule has 2 amide bonds. The van der Waals surface area contributed by atoms with Crippen LogP contribution in [-0.4, -0.2) is 44.1 Å². The van der Waals surface area contributed by atoms with Gasteiger partial charge < -0.3 is 24.8 Å². The fraction of sp³-hybridized carbons (Fsp3) is 0.200. The summed E-state index contributed by atoms with van der Waals surface area (Å²) in [6, 6.07) is 12.8. The quantitative estimate of drug-likeness (QED) is 0.376. The highest BCUT2D eigenvalue weighted by Crippen LogP contribution is 2.34. The van der Waals surface area contributed by atoms with Crippen molar-refractivity contribution in [3.63, 3.8) is 0 Å². The Kier molecular flexibility index (Phi) is 9.04. The van der Waals surface area contributed by atoms with Gasteiger partial charge in [0, 0.05) is 5.02 Å². The first-order valence-electron chi connectivity index (χ1n) is 10.7. The maximum atomic E-state index is 13.1. The van der Waals surface area contributed by atoms with E-state index in [4.69, 9.17) is 25.8 Å². The summed E-state index contributed by atoms with van der Waals surface area (Å²) < 4.78 is 15.3. The van der Waals surface area contributed by atoms with Crippen LogP contribution in [0.2, 0.25) is 5.02 Å². The Hall–Kier alpha value is -3.89. The lowest BCUT2D eigenvalue weighted by Gasteiger charge is -2.09. The van der Waals surface area contributed by atoms with Gasteiger partial charge in [-0.2, -0.15) is 0 Å². The van der Waals surface area contributed by atoms with Gasteiger partial charge in [0.1, 0.15) is 10.8 Å². The van der Waals surface area contributed by atoms with Crippen molar-refractivity contribution < 1.29 is 33.4 Å². The lowest BCUT2D eigenvalue weighted by Crippen LogP contribution is -2.21. The highest BCUT2D eigenvalue weighted by Gasteiger charge is 2.27. The number of carbonyl (C=O) groups excluding carboxylic acids is 4. The number of para-hydroxylation sites is 1. The van der Waals surface area contributed by atoms with E-state index < -0.39 is 23.8 Å². The fourth-order valence-electron chi connectivity index (χ4n) is 3.17. The van der Waals surface area contributed by atoms with Gasteiger partial charge in [0.2, 0.25) is 0 Å². The number of thiophene rings is 1. The zero-order valence-corrected chi connectivity index (χ0v) is 21.2. The molecule has 36 heavy (non-hydrogen) atoms. The van der Waals surface area contributed by atoms with Gasteiger partial charge in [0.25, 0.3) is 11.8 Å². The molecular formula is C25H23ClN2O7S. The lowest BCUT2D eigenvalue weighted by molar-refractivity contribution is -0.118. The number of ether oxygens (including phenoxy) is 3. The normalized spacial score (nSPS) is 10.3. The molecule has 0 unspecified atom stereocenters. The molecule has 9 nitrogen and oxygen atoms in total. The van der Waals surface area contributed by atoms with E-state index in [1.54, 1.807) is 56.3 Å². The Balaban J connectivity index is 1.84. The summed E-state index contributed by atoms with van der Waals surface area (Å²) in [6.45, 7) is 2.99. The molecule has 0 saturated heterocycles. The van der Waals surface area contributed by atoms with E-state index in [0.717, 1.165) is 11.3 Å². The minimum atomic E-state index is -0.686. The monoisotopic (exact) mass is 530 g/mol. The first kappa shape index (κ1) is 26.7. The van der Waals surface area contributed by atoms with Crippen molar-refractivity contribution in [2.45, 2.75) is 13.8 Å². The molecule has 0 atom stereocenters. The number of halogens is 1. The molecule has 1 heterocycles. The van der Waals surface area contributed by atoms with Crippen LogP contribution in [0.3, 0.4) is 0 Å². The van der Waals surface area contributed by atoms with Gasteiger partial charge >= 0.3 is 11.9 Å². The molecule has 0 radical (unpaired) electrons. The maximum absolute atomic E-state index is 13.1.